The highest BCUT2D eigenvalue weighted by molar-refractivity contribution is 6.42. The van der Waals surface area contributed by atoms with E-state index in [2.05, 4.69) is 16.5 Å². The van der Waals surface area contributed by atoms with Crippen LogP contribution >= 0.6 is 34.8 Å². The highest BCUT2D eigenvalue weighted by Crippen LogP contribution is 2.48. The van der Waals surface area contributed by atoms with Gasteiger partial charge in [-0.05, 0) is 30.9 Å². The van der Waals surface area contributed by atoms with Gasteiger partial charge in [-0.1, -0.05) is 36.5 Å². The molecule has 0 aliphatic heterocycles. The van der Waals surface area contributed by atoms with E-state index < -0.39 is 0 Å². The summed E-state index contributed by atoms with van der Waals surface area (Å²) in [7, 11) is 0. The number of aromatic nitrogens is 2. The average molecular weight is 318 g/mol. The minimum absolute atomic E-state index is 0.416. The van der Waals surface area contributed by atoms with Gasteiger partial charge in [-0.2, -0.15) is 0 Å². The first-order chi connectivity index (χ1) is 9.15. The third-order valence-corrected chi connectivity index (χ3v) is 4.76. The van der Waals surface area contributed by atoms with Crippen molar-refractivity contribution in [1.29, 1.82) is 0 Å². The SMILES string of the molecule is CCCC1CC1n1c(CCl)nc2cc(Cl)c(Cl)cc21. The molecule has 0 N–H and O–H groups in total. The molecule has 2 aromatic rings. The lowest BCUT2D eigenvalue weighted by Gasteiger charge is -2.07. The van der Waals surface area contributed by atoms with E-state index in [1.54, 1.807) is 0 Å². The summed E-state index contributed by atoms with van der Waals surface area (Å²) in [6.07, 6.45) is 3.69. The van der Waals surface area contributed by atoms with Gasteiger partial charge in [0.15, 0.2) is 0 Å². The van der Waals surface area contributed by atoms with Gasteiger partial charge >= 0.3 is 0 Å². The van der Waals surface area contributed by atoms with Gasteiger partial charge in [-0.25, -0.2) is 4.98 Å². The Morgan fingerprint density at radius 2 is 2.05 bits per heavy atom. The van der Waals surface area contributed by atoms with Crippen LogP contribution in [-0.2, 0) is 5.88 Å². The Morgan fingerprint density at radius 3 is 2.74 bits per heavy atom. The maximum atomic E-state index is 6.13. The molecule has 3 rings (SSSR count). The third kappa shape index (κ3) is 2.35. The van der Waals surface area contributed by atoms with E-state index >= 15 is 0 Å². The predicted octanol–water partition coefficient (Wildman–Crippen LogP) is 5.44. The lowest BCUT2D eigenvalue weighted by atomic mass is 10.2. The Balaban J connectivity index is 2.09. The summed E-state index contributed by atoms with van der Waals surface area (Å²) in [6.45, 7) is 2.22. The second-order valence-electron chi connectivity index (χ2n) is 5.14. The number of rotatable bonds is 4. The first-order valence-electron chi connectivity index (χ1n) is 6.57. The number of hydrogen-bond acceptors (Lipinski definition) is 1. The zero-order valence-corrected chi connectivity index (χ0v) is 12.9. The molecule has 2 atom stereocenters. The molecule has 5 heteroatoms. The topological polar surface area (TPSA) is 17.8 Å². The molecule has 1 fully saturated rings. The van der Waals surface area contributed by atoms with Crippen LogP contribution in [0.15, 0.2) is 12.1 Å². The van der Waals surface area contributed by atoms with E-state index in [0.717, 1.165) is 22.8 Å². The smallest absolute Gasteiger partial charge is 0.125 e. The highest BCUT2D eigenvalue weighted by Gasteiger charge is 2.39. The first kappa shape index (κ1) is 13.5. The molecule has 0 saturated heterocycles. The number of hydrogen-bond donors (Lipinski definition) is 0. The largest absolute Gasteiger partial charge is 0.324 e. The zero-order valence-electron chi connectivity index (χ0n) is 10.7. The van der Waals surface area contributed by atoms with Crippen LogP contribution in [0, 0.1) is 5.92 Å². The van der Waals surface area contributed by atoms with Crippen LogP contribution in [-0.4, -0.2) is 9.55 Å². The molecule has 0 spiro atoms. The van der Waals surface area contributed by atoms with Crippen molar-refractivity contribution in [2.24, 2.45) is 5.92 Å². The molecule has 0 amide bonds. The normalized spacial score (nSPS) is 22.1. The van der Waals surface area contributed by atoms with E-state index in [0.29, 0.717) is 22.0 Å². The summed E-state index contributed by atoms with van der Waals surface area (Å²) in [4.78, 5) is 4.58. The van der Waals surface area contributed by atoms with Gasteiger partial charge in [0.2, 0.25) is 0 Å². The van der Waals surface area contributed by atoms with Gasteiger partial charge in [0.05, 0.1) is 27.0 Å². The van der Waals surface area contributed by atoms with Crippen LogP contribution in [0.3, 0.4) is 0 Å². The highest BCUT2D eigenvalue weighted by atomic mass is 35.5. The second-order valence-corrected chi connectivity index (χ2v) is 6.22. The molecule has 1 heterocycles. The van der Waals surface area contributed by atoms with Crippen molar-refractivity contribution in [3.05, 3.63) is 28.0 Å². The molecular weight excluding hydrogens is 303 g/mol. The van der Waals surface area contributed by atoms with Crippen LogP contribution in [0.25, 0.3) is 11.0 Å². The minimum atomic E-state index is 0.416. The summed E-state index contributed by atoms with van der Waals surface area (Å²) in [5, 5.41) is 1.12. The number of nitrogens with zero attached hydrogens (tertiary/aromatic N) is 2. The van der Waals surface area contributed by atoms with E-state index in [4.69, 9.17) is 34.8 Å². The van der Waals surface area contributed by atoms with Crippen molar-refractivity contribution in [2.45, 2.75) is 38.1 Å². The first-order valence-corrected chi connectivity index (χ1v) is 7.86. The van der Waals surface area contributed by atoms with Crippen molar-refractivity contribution >= 4 is 45.8 Å². The molecule has 102 valence electrons. The number of fused-ring (bicyclic) bond motifs is 1. The standard InChI is InChI=1S/C14H15Cl3N2/c1-2-3-8-4-12(8)19-13-6-10(17)9(16)5-11(13)18-14(19)7-15/h5-6,8,12H,2-4,7H2,1H3. The third-order valence-electron chi connectivity index (χ3n) is 3.80. The predicted molar refractivity (Wildman–Crippen MR) is 81.4 cm³/mol. The summed E-state index contributed by atoms with van der Waals surface area (Å²) < 4.78 is 2.25. The van der Waals surface area contributed by atoms with Crippen molar-refractivity contribution < 1.29 is 0 Å². The number of alkyl halides is 1. The second kappa shape index (κ2) is 5.16. The summed E-state index contributed by atoms with van der Waals surface area (Å²) in [5.41, 5.74) is 1.93. The van der Waals surface area contributed by atoms with Crippen LogP contribution < -0.4 is 0 Å². The van der Waals surface area contributed by atoms with Crippen LogP contribution in [0.4, 0.5) is 0 Å². The monoisotopic (exact) mass is 316 g/mol. The molecule has 1 aliphatic carbocycles. The van der Waals surface area contributed by atoms with Crippen molar-refractivity contribution in [2.75, 3.05) is 0 Å². The molecule has 1 aromatic heterocycles. The van der Waals surface area contributed by atoms with Gasteiger partial charge < -0.3 is 4.57 Å². The fraction of sp³-hybridized carbons (Fsp3) is 0.500. The van der Waals surface area contributed by atoms with Crippen LogP contribution in [0.1, 0.15) is 38.1 Å². The molecule has 2 nitrogen and oxygen atoms in total. The van der Waals surface area contributed by atoms with Crippen molar-refractivity contribution in [3.8, 4) is 0 Å². The summed E-state index contributed by atoms with van der Waals surface area (Å²) in [5.74, 6) is 2.08. The van der Waals surface area contributed by atoms with Crippen LogP contribution in [0.2, 0.25) is 10.0 Å². The Bertz CT molecular complexity index is 621. The lowest BCUT2D eigenvalue weighted by molar-refractivity contribution is 0.606. The zero-order chi connectivity index (χ0) is 13.6. The number of halogens is 3. The molecular formula is C14H15Cl3N2. The van der Waals surface area contributed by atoms with E-state index in [1.807, 2.05) is 12.1 Å². The Labute approximate surface area is 127 Å². The molecule has 2 unspecified atom stereocenters. The van der Waals surface area contributed by atoms with Crippen LogP contribution in [0.5, 0.6) is 0 Å². The van der Waals surface area contributed by atoms with Crippen molar-refractivity contribution in [3.63, 3.8) is 0 Å². The quantitative estimate of drug-likeness (QED) is 0.686. The average Bonchev–Trinajstić information content (AvgIpc) is 3.04. The van der Waals surface area contributed by atoms with Gasteiger partial charge in [-0.15, -0.1) is 11.6 Å². The maximum absolute atomic E-state index is 6.13. The number of benzene rings is 1. The molecule has 0 radical (unpaired) electrons. The summed E-state index contributed by atoms with van der Waals surface area (Å²) in [6, 6.07) is 4.25. The number of imidazole rings is 1. The van der Waals surface area contributed by atoms with E-state index in [-0.39, 0.29) is 0 Å². The van der Waals surface area contributed by atoms with Gasteiger partial charge in [-0.3, -0.25) is 0 Å². The molecule has 19 heavy (non-hydrogen) atoms. The van der Waals surface area contributed by atoms with Gasteiger partial charge in [0, 0.05) is 6.04 Å². The molecule has 1 saturated carbocycles. The Kier molecular flexibility index (Phi) is 3.67. The van der Waals surface area contributed by atoms with Gasteiger partial charge in [0.25, 0.3) is 0 Å². The van der Waals surface area contributed by atoms with Gasteiger partial charge in [0.1, 0.15) is 5.82 Å². The molecule has 0 bridgehead atoms. The fourth-order valence-corrected chi connectivity index (χ4v) is 3.34. The maximum Gasteiger partial charge on any atom is 0.125 e. The van der Waals surface area contributed by atoms with E-state index in [1.165, 1.54) is 19.3 Å². The fourth-order valence-electron chi connectivity index (χ4n) is 2.83. The Hall–Kier alpha value is -0.440. The minimum Gasteiger partial charge on any atom is -0.324 e. The summed E-state index contributed by atoms with van der Waals surface area (Å²) >= 11 is 18.2. The van der Waals surface area contributed by atoms with E-state index in [9.17, 15) is 0 Å². The molecule has 1 aliphatic rings. The van der Waals surface area contributed by atoms with Crippen molar-refractivity contribution in [1.82, 2.24) is 9.55 Å². The lowest BCUT2D eigenvalue weighted by Crippen LogP contribution is -2.01. The molecule has 1 aromatic carbocycles. The Morgan fingerprint density at radius 1 is 1.32 bits per heavy atom.